The number of hydrazone groups is 2. The standard InChI is InChI=1S/C25H19N5O3/c1-15-7-10-18(11-8-15)28-29-22(14-26)24(31)30-27-16(2)20-13-21-19-6-4-3-5-17(19)9-12-23(21)33-25(20)32/h3-13,28H,1-2H3,(H,30,31)/b27-16+,29-22-. The molecule has 1 amide bonds. The molecule has 1 aromatic heterocycles. The molecule has 0 unspecified atom stereocenters. The Kier molecular flexibility index (Phi) is 5.96. The van der Waals surface area contributed by atoms with Gasteiger partial charge in [-0.15, -0.1) is 0 Å². The molecule has 4 aromatic rings. The maximum atomic E-state index is 12.5. The highest BCUT2D eigenvalue weighted by Gasteiger charge is 2.13. The maximum absolute atomic E-state index is 12.5. The molecule has 0 aliphatic heterocycles. The van der Waals surface area contributed by atoms with Crippen molar-refractivity contribution in [1.29, 1.82) is 5.26 Å². The lowest BCUT2D eigenvalue weighted by atomic mass is 10.0. The predicted molar refractivity (Wildman–Crippen MR) is 128 cm³/mol. The number of benzene rings is 3. The van der Waals surface area contributed by atoms with Crippen molar-refractivity contribution >= 4 is 44.8 Å². The maximum Gasteiger partial charge on any atom is 0.345 e. The summed E-state index contributed by atoms with van der Waals surface area (Å²) in [5.41, 5.74) is 6.52. The van der Waals surface area contributed by atoms with Gasteiger partial charge in [-0.2, -0.15) is 15.5 Å². The van der Waals surface area contributed by atoms with E-state index in [9.17, 15) is 14.9 Å². The normalized spacial score (nSPS) is 11.9. The van der Waals surface area contributed by atoms with E-state index in [4.69, 9.17) is 4.42 Å². The lowest BCUT2D eigenvalue weighted by Gasteiger charge is -2.06. The van der Waals surface area contributed by atoms with Crippen LogP contribution in [0.1, 0.15) is 18.1 Å². The van der Waals surface area contributed by atoms with Crippen LogP contribution in [0.3, 0.4) is 0 Å². The van der Waals surface area contributed by atoms with Gasteiger partial charge in [-0.05, 0) is 48.9 Å². The molecule has 4 rings (SSSR count). The summed E-state index contributed by atoms with van der Waals surface area (Å²) < 4.78 is 5.46. The van der Waals surface area contributed by atoms with Crippen molar-refractivity contribution in [2.24, 2.45) is 10.2 Å². The van der Waals surface area contributed by atoms with Gasteiger partial charge in [0.1, 0.15) is 11.7 Å². The number of hydrogen-bond donors (Lipinski definition) is 2. The van der Waals surface area contributed by atoms with Gasteiger partial charge in [-0.25, -0.2) is 10.2 Å². The van der Waals surface area contributed by atoms with Gasteiger partial charge in [-0.1, -0.05) is 48.0 Å². The fourth-order valence-corrected chi connectivity index (χ4v) is 3.25. The lowest BCUT2D eigenvalue weighted by molar-refractivity contribution is -0.114. The predicted octanol–water partition coefficient (Wildman–Crippen LogP) is 4.09. The second-order valence-corrected chi connectivity index (χ2v) is 7.33. The number of carbonyl (C=O) groups is 1. The van der Waals surface area contributed by atoms with Crippen LogP contribution < -0.4 is 16.5 Å². The summed E-state index contributed by atoms with van der Waals surface area (Å²) >= 11 is 0. The van der Waals surface area contributed by atoms with E-state index in [1.165, 1.54) is 0 Å². The zero-order valence-electron chi connectivity index (χ0n) is 17.9. The van der Waals surface area contributed by atoms with Crippen molar-refractivity contribution in [3.63, 3.8) is 0 Å². The summed E-state index contributed by atoms with van der Waals surface area (Å²) in [6.07, 6.45) is 0. The monoisotopic (exact) mass is 437 g/mol. The van der Waals surface area contributed by atoms with Crippen molar-refractivity contribution in [3.05, 3.63) is 88.3 Å². The van der Waals surface area contributed by atoms with Crippen LogP contribution in [0, 0.1) is 18.3 Å². The van der Waals surface area contributed by atoms with Gasteiger partial charge in [0.05, 0.1) is 17.0 Å². The zero-order valence-corrected chi connectivity index (χ0v) is 17.9. The van der Waals surface area contributed by atoms with E-state index in [1.807, 2.05) is 49.4 Å². The number of fused-ring (bicyclic) bond motifs is 3. The fourth-order valence-electron chi connectivity index (χ4n) is 3.25. The van der Waals surface area contributed by atoms with Gasteiger partial charge in [0.2, 0.25) is 5.71 Å². The van der Waals surface area contributed by atoms with Crippen molar-refractivity contribution in [2.45, 2.75) is 13.8 Å². The van der Waals surface area contributed by atoms with E-state index >= 15 is 0 Å². The minimum atomic E-state index is -0.813. The van der Waals surface area contributed by atoms with E-state index in [0.29, 0.717) is 11.3 Å². The highest BCUT2D eigenvalue weighted by molar-refractivity contribution is 6.45. The van der Waals surface area contributed by atoms with Crippen molar-refractivity contribution in [1.82, 2.24) is 5.43 Å². The quantitative estimate of drug-likeness (QED) is 0.211. The summed E-state index contributed by atoms with van der Waals surface area (Å²) in [6.45, 7) is 3.51. The topological polar surface area (TPSA) is 120 Å². The minimum Gasteiger partial charge on any atom is -0.422 e. The van der Waals surface area contributed by atoms with Gasteiger partial charge in [-0.3, -0.25) is 10.2 Å². The van der Waals surface area contributed by atoms with Crippen LogP contribution in [0.25, 0.3) is 21.7 Å². The Hall–Kier alpha value is -4.77. The van der Waals surface area contributed by atoms with Crippen molar-refractivity contribution in [3.8, 4) is 6.07 Å². The van der Waals surface area contributed by atoms with Gasteiger partial charge in [0.25, 0.3) is 0 Å². The van der Waals surface area contributed by atoms with Crippen LogP contribution in [0.5, 0.6) is 0 Å². The number of nitrogens with one attached hydrogen (secondary N) is 2. The third-order valence-electron chi connectivity index (χ3n) is 5.03. The summed E-state index contributed by atoms with van der Waals surface area (Å²) in [7, 11) is 0. The highest BCUT2D eigenvalue weighted by atomic mass is 16.4. The number of nitrogens with zero attached hydrogens (tertiary/aromatic N) is 3. The molecule has 0 saturated heterocycles. The number of aryl methyl sites for hydroxylation is 1. The number of carbonyl (C=O) groups excluding carboxylic acids is 1. The van der Waals surface area contributed by atoms with Gasteiger partial charge in [0.15, 0.2) is 0 Å². The number of amides is 1. The van der Waals surface area contributed by atoms with Crippen LogP contribution >= 0.6 is 0 Å². The molecule has 0 aliphatic carbocycles. The third kappa shape index (κ3) is 4.62. The molecule has 33 heavy (non-hydrogen) atoms. The molecule has 162 valence electrons. The molecule has 8 nitrogen and oxygen atoms in total. The summed E-state index contributed by atoms with van der Waals surface area (Å²) in [5.74, 6) is -0.813. The van der Waals surface area contributed by atoms with Crippen LogP contribution in [0.4, 0.5) is 5.69 Å². The SMILES string of the molecule is C/C(=N\NC(=O)/C(C#N)=N\Nc1ccc(C)cc1)c1cc2c(ccc3ccccc32)oc1=O. The van der Waals surface area contributed by atoms with Crippen molar-refractivity contribution in [2.75, 3.05) is 5.43 Å². The van der Waals surface area contributed by atoms with Crippen LogP contribution in [0.15, 0.2) is 86.1 Å². The zero-order chi connectivity index (χ0) is 23.4. The van der Waals surface area contributed by atoms with E-state index in [1.54, 1.807) is 37.3 Å². The van der Waals surface area contributed by atoms with Crippen LogP contribution in [-0.4, -0.2) is 17.3 Å². The fraction of sp³-hybridized carbons (Fsp3) is 0.0800. The molecule has 0 fully saturated rings. The Labute approximate surface area is 188 Å². The van der Waals surface area contributed by atoms with Gasteiger partial charge in [0, 0.05) is 5.39 Å². The average Bonchev–Trinajstić information content (AvgIpc) is 2.83. The first-order valence-corrected chi connectivity index (χ1v) is 10.1. The highest BCUT2D eigenvalue weighted by Crippen LogP contribution is 2.25. The first-order chi connectivity index (χ1) is 16.0. The summed E-state index contributed by atoms with van der Waals surface area (Å²) in [6, 6.07) is 22.1. The van der Waals surface area contributed by atoms with Crippen molar-refractivity contribution < 1.29 is 9.21 Å². The lowest BCUT2D eigenvalue weighted by Crippen LogP contribution is -2.28. The molecule has 8 heteroatoms. The van der Waals surface area contributed by atoms with Crippen LogP contribution in [0.2, 0.25) is 0 Å². The summed E-state index contributed by atoms with van der Waals surface area (Å²) in [4.78, 5) is 24.8. The molecule has 0 atom stereocenters. The second kappa shape index (κ2) is 9.16. The summed E-state index contributed by atoms with van der Waals surface area (Å²) in [5, 5.41) is 19.8. The number of anilines is 1. The Morgan fingerprint density at radius 3 is 2.52 bits per heavy atom. The molecule has 0 saturated carbocycles. The molecule has 1 heterocycles. The first kappa shape index (κ1) is 21.5. The Morgan fingerprint density at radius 2 is 1.76 bits per heavy atom. The molecular formula is C25H19N5O3. The smallest absolute Gasteiger partial charge is 0.345 e. The largest absolute Gasteiger partial charge is 0.422 e. The molecule has 0 bridgehead atoms. The third-order valence-corrected chi connectivity index (χ3v) is 5.03. The van der Waals surface area contributed by atoms with Crippen LogP contribution in [-0.2, 0) is 4.79 Å². The molecule has 0 radical (unpaired) electrons. The Bertz CT molecular complexity index is 1530. The van der Waals surface area contributed by atoms with E-state index in [0.717, 1.165) is 21.7 Å². The molecule has 0 aliphatic rings. The Balaban J connectivity index is 1.58. The number of rotatable bonds is 5. The average molecular weight is 437 g/mol. The Morgan fingerprint density at radius 1 is 1.00 bits per heavy atom. The second-order valence-electron chi connectivity index (χ2n) is 7.33. The molecular weight excluding hydrogens is 418 g/mol. The minimum absolute atomic E-state index is 0.201. The van der Waals surface area contributed by atoms with E-state index < -0.39 is 17.2 Å². The number of hydrogen-bond acceptors (Lipinski definition) is 7. The number of nitriles is 1. The molecule has 3 aromatic carbocycles. The first-order valence-electron chi connectivity index (χ1n) is 10.1. The van der Waals surface area contributed by atoms with Gasteiger partial charge >= 0.3 is 11.5 Å². The van der Waals surface area contributed by atoms with E-state index in [-0.39, 0.29) is 11.3 Å². The molecule has 2 N–H and O–H groups in total. The van der Waals surface area contributed by atoms with E-state index in [2.05, 4.69) is 21.1 Å². The van der Waals surface area contributed by atoms with Gasteiger partial charge < -0.3 is 4.42 Å². The molecule has 0 spiro atoms.